The largest absolute Gasteiger partial charge is 0.480 e. The normalized spacial score (nSPS) is 13.5. The highest BCUT2D eigenvalue weighted by atomic mass is 35.5. The van der Waals surface area contributed by atoms with Gasteiger partial charge in [0.05, 0.1) is 6.61 Å². The Morgan fingerprint density at radius 1 is 1.38 bits per heavy atom. The number of hydrogen-bond acceptors (Lipinski definition) is 3. The van der Waals surface area contributed by atoms with Gasteiger partial charge in [-0.1, -0.05) is 31.0 Å². The van der Waals surface area contributed by atoms with Crippen LogP contribution in [0.1, 0.15) is 32.3 Å². The highest BCUT2D eigenvalue weighted by Gasteiger charge is 2.47. The third-order valence-corrected chi connectivity index (χ3v) is 3.61. The van der Waals surface area contributed by atoms with Gasteiger partial charge in [-0.25, -0.2) is 4.39 Å². The third kappa shape index (κ3) is 3.94. The lowest BCUT2D eigenvalue weighted by molar-refractivity contribution is -0.169. The average Bonchev–Trinajstić information content (AvgIpc) is 2.40. The molecule has 1 rings (SSSR count). The van der Waals surface area contributed by atoms with Gasteiger partial charge >= 0.3 is 11.9 Å². The number of rotatable bonds is 7. The highest BCUT2D eigenvalue weighted by molar-refractivity contribution is 6.31. The van der Waals surface area contributed by atoms with Crippen molar-refractivity contribution in [2.24, 2.45) is 5.41 Å². The topological polar surface area (TPSA) is 63.6 Å². The number of carboxylic acids is 1. The van der Waals surface area contributed by atoms with Gasteiger partial charge in [-0.2, -0.15) is 0 Å². The molecule has 1 aromatic rings. The van der Waals surface area contributed by atoms with Crippen molar-refractivity contribution in [1.82, 2.24) is 0 Å². The molecule has 1 unspecified atom stereocenters. The van der Waals surface area contributed by atoms with Gasteiger partial charge in [0.15, 0.2) is 5.41 Å². The first-order chi connectivity index (χ1) is 9.87. The van der Waals surface area contributed by atoms with Crippen molar-refractivity contribution in [2.45, 2.75) is 33.1 Å². The van der Waals surface area contributed by atoms with Gasteiger partial charge < -0.3 is 9.84 Å². The van der Waals surface area contributed by atoms with Crippen molar-refractivity contribution >= 4 is 23.5 Å². The van der Waals surface area contributed by atoms with E-state index in [0.717, 1.165) is 6.07 Å². The average molecular weight is 317 g/mol. The van der Waals surface area contributed by atoms with Crippen LogP contribution in [0.2, 0.25) is 5.02 Å². The first kappa shape index (κ1) is 17.4. The zero-order valence-corrected chi connectivity index (χ0v) is 12.7. The molecule has 0 saturated carbocycles. The zero-order chi connectivity index (χ0) is 16.0. The van der Waals surface area contributed by atoms with E-state index >= 15 is 0 Å². The molecule has 116 valence electrons. The molecule has 0 heterocycles. The summed E-state index contributed by atoms with van der Waals surface area (Å²) in [4.78, 5) is 23.9. The van der Waals surface area contributed by atoms with Crippen LogP contribution in [0.3, 0.4) is 0 Å². The lowest BCUT2D eigenvalue weighted by Crippen LogP contribution is -2.42. The molecule has 0 fully saturated rings. The monoisotopic (exact) mass is 316 g/mol. The number of halogens is 2. The van der Waals surface area contributed by atoms with E-state index in [1.54, 1.807) is 13.8 Å². The summed E-state index contributed by atoms with van der Waals surface area (Å²) in [5, 5.41) is 9.64. The van der Waals surface area contributed by atoms with Crippen LogP contribution in [0.15, 0.2) is 18.2 Å². The van der Waals surface area contributed by atoms with Crippen molar-refractivity contribution in [3.63, 3.8) is 0 Å². The maximum atomic E-state index is 13.1. The number of carbonyl (C=O) groups is 2. The second-order valence-electron chi connectivity index (χ2n) is 4.77. The van der Waals surface area contributed by atoms with Gasteiger partial charge in [0, 0.05) is 11.4 Å². The minimum absolute atomic E-state index is 0.0920. The maximum Gasteiger partial charge on any atom is 0.323 e. The maximum absolute atomic E-state index is 13.1. The number of aliphatic carboxylic acids is 1. The second kappa shape index (κ2) is 7.41. The molecule has 0 spiro atoms. The fourth-order valence-corrected chi connectivity index (χ4v) is 2.45. The summed E-state index contributed by atoms with van der Waals surface area (Å²) < 4.78 is 18.0. The minimum Gasteiger partial charge on any atom is -0.480 e. The number of benzene rings is 1. The first-order valence-corrected chi connectivity index (χ1v) is 7.09. The Morgan fingerprint density at radius 3 is 2.52 bits per heavy atom. The van der Waals surface area contributed by atoms with Crippen LogP contribution in [0.5, 0.6) is 0 Å². The molecule has 0 radical (unpaired) electrons. The fraction of sp³-hybridized carbons (Fsp3) is 0.467. The summed E-state index contributed by atoms with van der Waals surface area (Å²) in [5.41, 5.74) is -1.30. The Balaban J connectivity index is 3.22. The standard InChI is InChI=1S/C15H18ClFO4/c1-3-7-15(13(18)19,14(20)21-4-2)9-10-5-6-11(17)8-12(10)16/h5-6,8H,3-4,7,9H2,1-2H3,(H,18,19). The van der Waals surface area contributed by atoms with E-state index in [1.165, 1.54) is 12.1 Å². The van der Waals surface area contributed by atoms with E-state index in [4.69, 9.17) is 16.3 Å². The van der Waals surface area contributed by atoms with Crippen molar-refractivity contribution in [1.29, 1.82) is 0 Å². The van der Waals surface area contributed by atoms with Gasteiger partial charge in [0.25, 0.3) is 0 Å². The molecule has 0 aliphatic heterocycles. The Bertz CT molecular complexity index is 532. The van der Waals surface area contributed by atoms with E-state index in [9.17, 15) is 19.1 Å². The predicted octanol–water partition coefficient (Wildman–Crippen LogP) is 3.46. The van der Waals surface area contributed by atoms with Gasteiger partial charge in [0.2, 0.25) is 0 Å². The lowest BCUT2D eigenvalue weighted by atomic mass is 9.77. The Kier molecular flexibility index (Phi) is 6.15. The summed E-state index contributed by atoms with van der Waals surface area (Å²) in [6.07, 6.45) is 0.479. The van der Waals surface area contributed by atoms with Crippen LogP contribution < -0.4 is 0 Å². The molecule has 0 amide bonds. The summed E-state index contributed by atoms with van der Waals surface area (Å²) in [6, 6.07) is 3.68. The van der Waals surface area contributed by atoms with Gasteiger partial charge in [-0.15, -0.1) is 0 Å². The van der Waals surface area contributed by atoms with Crippen molar-refractivity contribution in [2.75, 3.05) is 6.61 Å². The Morgan fingerprint density at radius 2 is 2.05 bits per heavy atom. The van der Waals surface area contributed by atoms with Crippen molar-refractivity contribution in [3.05, 3.63) is 34.6 Å². The molecule has 0 aliphatic rings. The van der Waals surface area contributed by atoms with Crippen molar-refractivity contribution < 1.29 is 23.8 Å². The van der Waals surface area contributed by atoms with E-state index in [2.05, 4.69) is 0 Å². The third-order valence-electron chi connectivity index (χ3n) is 3.26. The number of carbonyl (C=O) groups excluding carboxylic acids is 1. The zero-order valence-electron chi connectivity index (χ0n) is 12.0. The summed E-state index contributed by atoms with van der Waals surface area (Å²) in [5.74, 6) is -2.57. The molecular formula is C15H18ClFO4. The number of esters is 1. The molecule has 6 heteroatoms. The molecule has 21 heavy (non-hydrogen) atoms. The van der Waals surface area contributed by atoms with Crippen LogP contribution in [-0.2, 0) is 20.7 Å². The van der Waals surface area contributed by atoms with Crippen LogP contribution >= 0.6 is 11.6 Å². The molecule has 0 aromatic heterocycles. The van der Waals surface area contributed by atoms with E-state index in [1.807, 2.05) is 0 Å². The van der Waals surface area contributed by atoms with Gasteiger partial charge in [0.1, 0.15) is 5.82 Å². The molecule has 1 aromatic carbocycles. The van der Waals surface area contributed by atoms with Gasteiger partial charge in [-0.05, 0) is 31.0 Å². The number of carboxylic acid groups (broad SMARTS) is 1. The lowest BCUT2D eigenvalue weighted by Gasteiger charge is -2.27. The number of ether oxygens (including phenoxy) is 1. The molecule has 0 aliphatic carbocycles. The Labute approximate surface area is 127 Å². The minimum atomic E-state index is -1.70. The molecule has 0 saturated heterocycles. The van der Waals surface area contributed by atoms with Gasteiger partial charge in [-0.3, -0.25) is 9.59 Å². The summed E-state index contributed by atoms with van der Waals surface area (Å²) in [7, 11) is 0. The van der Waals surface area contributed by atoms with Crippen LogP contribution in [0.25, 0.3) is 0 Å². The SMILES string of the molecule is CCCC(Cc1ccc(F)cc1Cl)(C(=O)O)C(=O)OCC. The molecule has 1 atom stereocenters. The predicted molar refractivity (Wildman–Crippen MR) is 76.7 cm³/mol. The quantitative estimate of drug-likeness (QED) is 0.618. The van der Waals surface area contributed by atoms with Crippen molar-refractivity contribution in [3.8, 4) is 0 Å². The summed E-state index contributed by atoms with van der Waals surface area (Å²) in [6.45, 7) is 3.49. The smallest absolute Gasteiger partial charge is 0.323 e. The van der Waals surface area contributed by atoms with E-state index in [-0.39, 0.29) is 24.5 Å². The summed E-state index contributed by atoms with van der Waals surface area (Å²) >= 11 is 5.94. The fourth-order valence-electron chi connectivity index (χ4n) is 2.22. The molecule has 0 bridgehead atoms. The van der Waals surface area contributed by atoms with Crippen LogP contribution in [0.4, 0.5) is 4.39 Å². The second-order valence-corrected chi connectivity index (χ2v) is 5.18. The highest BCUT2D eigenvalue weighted by Crippen LogP contribution is 2.33. The number of hydrogen-bond donors (Lipinski definition) is 1. The van der Waals surface area contributed by atoms with E-state index in [0.29, 0.717) is 12.0 Å². The van der Waals surface area contributed by atoms with Crippen LogP contribution in [0, 0.1) is 11.2 Å². The molecular weight excluding hydrogens is 299 g/mol. The molecule has 4 nitrogen and oxygen atoms in total. The first-order valence-electron chi connectivity index (χ1n) is 6.72. The van der Waals surface area contributed by atoms with E-state index < -0.39 is 23.2 Å². The van der Waals surface area contributed by atoms with Crippen LogP contribution in [-0.4, -0.2) is 23.7 Å². The Hall–Kier alpha value is -1.62. The molecule has 1 N–H and O–H groups in total.